The summed E-state index contributed by atoms with van der Waals surface area (Å²) in [7, 11) is 0. The largest absolute Gasteiger partial charge is 0.396 e. The maximum atomic E-state index is 9.02. The molecule has 0 aliphatic heterocycles. The summed E-state index contributed by atoms with van der Waals surface area (Å²) in [6, 6.07) is 1.94. The van der Waals surface area contributed by atoms with E-state index in [1.54, 1.807) is 0 Å². The standard InChI is InChI=1S/C14H26N4O2.HI/c1-5-15-14(16-7-11(4)9-19)17-8-12-6-13(10(2)3)18-20-12;/h6,10-11,19H,5,7-9H2,1-4H3,(H2,15,16,17);1H. The molecule has 0 fully saturated rings. The van der Waals surface area contributed by atoms with Crippen LogP contribution < -0.4 is 10.6 Å². The lowest BCUT2D eigenvalue weighted by Gasteiger charge is -2.13. The third-order valence-corrected chi connectivity index (χ3v) is 2.84. The van der Waals surface area contributed by atoms with E-state index in [-0.39, 0.29) is 36.5 Å². The van der Waals surface area contributed by atoms with Gasteiger partial charge < -0.3 is 20.3 Å². The molecule has 0 bridgehead atoms. The molecule has 3 N–H and O–H groups in total. The van der Waals surface area contributed by atoms with Crippen molar-refractivity contribution in [1.29, 1.82) is 0 Å². The van der Waals surface area contributed by atoms with Crippen LogP contribution in [-0.4, -0.2) is 35.9 Å². The minimum Gasteiger partial charge on any atom is -0.396 e. The zero-order valence-electron chi connectivity index (χ0n) is 13.2. The number of guanidine groups is 1. The number of halogens is 1. The zero-order valence-corrected chi connectivity index (χ0v) is 15.5. The van der Waals surface area contributed by atoms with Gasteiger partial charge in [-0.15, -0.1) is 24.0 Å². The van der Waals surface area contributed by atoms with Crippen LogP contribution in [0.4, 0.5) is 0 Å². The molecule has 7 heteroatoms. The van der Waals surface area contributed by atoms with Crippen LogP contribution in [0.2, 0.25) is 0 Å². The summed E-state index contributed by atoms with van der Waals surface area (Å²) in [5.74, 6) is 2.02. The molecule has 1 aromatic rings. The third kappa shape index (κ3) is 7.66. The molecule has 1 rings (SSSR count). The quantitative estimate of drug-likeness (QED) is 0.364. The van der Waals surface area contributed by atoms with E-state index >= 15 is 0 Å². The first-order valence-corrected chi connectivity index (χ1v) is 7.15. The van der Waals surface area contributed by atoms with Gasteiger partial charge in [0.25, 0.3) is 0 Å². The van der Waals surface area contributed by atoms with E-state index in [1.807, 2.05) is 19.9 Å². The Bertz CT molecular complexity index is 421. The Morgan fingerprint density at radius 1 is 1.38 bits per heavy atom. The summed E-state index contributed by atoms with van der Waals surface area (Å²) in [5.41, 5.74) is 0.946. The van der Waals surface area contributed by atoms with E-state index in [4.69, 9.17) is 9.63 Å². The molecule has 0 spiro atoms. The summed E-state index contributed by atoms with van der Waals surface area (Å²) in [6.45, 7) is 10.2. The minimum absolute atomic E-state index is 0. The van der Waals surface area contributed by atoms with Crippen molar-refractivity contribution in [2.24, 2.45) is 10.9 Å². The maximum Gasteiger partial charge on any atom is 0.191 e. The highest BCUT2D eigenvalue weighted by Gasteiger charge is 2.08. The normalized spacial score (nSPS) is 13.0. The number of rotatable bonds is 7. The van der Waals surface area contributed by atoms with Gasteiger partial charge in [0.1, 0.15) is 6.54 Å². The van der Waals surface area contributed by atoms with E-state index in [0.29, 0.717) is 19.0 Å². The molecule has 0 saturated heterocycles. The van der Waals surface area contributed by atoms with Crippen molar-refractivity contribution in [3.8, 4) is 0 Å². The number of aromatic nitrogens is 1. The van der Waals surface area contributed by atoms with Gasteiger partial charge in [0.05, 0.1) is 5.69 Å². The first kappa shape index (κ1) is 20.2. The van der Waals surface area contributed by atoms with Crippen LogP contribution in [0.25, 0.3) is 0 Å². The number of aliphatic hydroxyl groups is 1. The molecule has 0 aliphatic rings. The Labute approximate surface area is 143 Å². The van der Waals surface area contributed by atoms with Crippen LogP contribution in [-0.2, 0) is 6.54 Å². The van der Waals surface area contributed by atoms with Crippen molar-refractivity contribution in [1.82, 2.24) is 15.8 Å². The lowest BCUT2D eigenvalue weighted by Crippen LogP contribution is -2.39. The zero-order chi connectivity index (χ0) is 15.0. The van der Waals surface area contributed by atoms with E-state index < -0.39 is 0 Å². The van der Waals surface area contributed by atoms with E-state index in [2.05, 4.69) is 34.6 Å². The van der Waals surface area contributed by atoms with Crippen molar-refractivity contribution in [3.05, 3.63) is 17.5 Å². The topological polar surface area (TPSA) is 82.7 Å². The van der Waals surface area contributed by atoms with E-state index in [9.17, 15) is 0 Å². The van der Waals surface area contributed by atoms with Crippen LogP contribution in [0.3, 0.4) is 0 Å². The molecule has 6 nitrogen and oxygen atoms in total. The molecule has 1 unspecified atom stereocenters. The van der Waals surface area contributed by atoms with Gasteiger partial charge in [0.2, 0.25) is 0 Å². The van der Waals surface area contributed by atoms with Crippen LogP contribution >= 0.6 is 24.0 Å². The van der Waals surface area contributed by atoms with Crippen molar-refractivity contribution in [2.45, 2.75) is 40.2 Å². The Hall–Kier alpha value is -0.830. The highest BCUT2D eigenvalue weighted by molar-refractivity contribution is 14.0. The summed E-state index contributed by atoms with van der Waals surface area (Å²) in [5, 5.41) is 19.4. The van der Waals surface area contributed by atoms with Gasteiger partial charge in [0, 0.05) is 25.8 Å². The van der Waals surface area contributed by atoms with Gasteiger partial charge in [-0.1, -0.05) is 25.9 Å². The fraction of sp³-hybridized carbons (Fsp3) is 0.714. The summed E-state index contributed by atoms with van der Waals surface area (Å²) < 4.78 is 5.25. The number of aliphatic imine (C=N–C) groups is 1. The van der Waals surface area contributed by atoms with Crippen LogP contribution in [0.1, 0.15) is 45.1 Å². The van der Waals surface area contributed by atoms with Gasteiger partial charge in [-0.25, -0.2) is 4.99 Å². The molecule has 0 amide bonds. The van der Waals surface area contributed by atoms with Crippen molar-refractivity contribution in [3.63, 3.8) is 0 Å². The predicted octanol–water partition coefficient (Wildman–Crippen LogP) is 2.10. The van der Waals surface area contributed by atoms with E-state index in [1.165, 1.54) is 0 Å². The molecule has 1 atom stereocenters. The number of nitrogens with one attached hydrogen (secondary N) is 2. The molecule has 122 valence electrons. The first-order valence-electron chi connectivity index (χ1n) is 7.15. The van der Waals surface area contributed by atoms with Gasteiger partial charge in [-0.3, -0.25) is 0 Å². The molecular formula is C14H27IN4O2. The van der Waals surface area contributed by atoms with Crippen LogP contribution in [0.5, 0.6) is 0 Å². The fourth-order valence-electron chi connectivity index (χ4n) is 1.51. The van der Waals surface area contributed by atoms with E-state index in [0.717, 1.165) is 24.0 Å². The van der Waals surface area contributed by atoms with Gasteiger partial charge in [-0.05, 0) is 18.8 Å². The van der Waals surface area contributed by atoms with Crippen molar-refractivity contribution < 1.29 is 9.63 Å². The SMILES string of the molecule is CCNC(=NCc1cc(C(C)C)no1)NCC(C)CO.I. The molecular weight excluding hydrogens is 383 g/mol. The summed E-state index contributed by atoms with van der Waals surface area (Å²) in [6.07, 6.45) is 0. The van der Waals surface area contributed by atoms with Crippen molar-refractivity contribution >= 4 is 29.9 Å². The Morgan fingerprint density at radius 2 is 2.10 bits per heavy atom. The molecule has 1 aromatic heterocycles. The number of hydrogen-bond acceptors (Lipinski definition) is 4. The summed E-state index contributed by atoms with van der Waals surface area (Å²) in [4.78, 5) is 4.44. The Kier molecular flexibility index (Phi) is 10.4. The Morgan fingerprint density at radius 3 is 2.62 bits per heavy atom. The average Bonchev–Trinajstić information content (AvgIpc) is 2.90. The van der Waals surface area contributed by atoms with Gasteiger partial charge >= 0.3 is 0 Å². The lowest BCUT2D eigenvalue weighted by molar-refractivity contribution is 0.238. The number of hydrogen-bond donors (Lipinski definition) is 3. The number of aliphatic hydroxyl groups excluding tert-OH is 1. The monoisotopic (exact) mass is 410 g/mol. The van der Waals surface area contributed by atoms with Gasteiger partial charge in [0.15, 0.2) is 11.7 Å². The third-order valence-electron chi connectivity index (χ3n) is 2.84. The van der Waals surface area contributed by atoms with Crippen LogP contribution in [0, 0.1) is 5.92 Å². The molecule has 21 heavy (non-hydrogen) atoms. The molecule has 0 aromatic carbocycles. The minimum atomic E-state index is 0. The lowest BCUT2D eigenvalue weighted by atomic mass is 10.1. The Balaban J connectivity index is 0.00000400. The molecule has 0 aliphatic carbocycles. The predicted molar refractivity (Wildman–Crippen MR) is 95.1 cm³/mol. The smallest absolute Gasteiger partial charge is 0.191 e. The second-order valence-electron chi connectivity index (χ2n) is 5.24. The molecule has 0 saturated carbocycles. The second kappa shape index (κ2) is 10.8. The highest BCUT2D eigenvalue weighted by atomic mass is 127. The average molecular weight is 410 g/mol. The maximum absolute atomic E-state index is 9.02. The van der Waals surface area contributed by atoms with Gasteiger partial charge in [-0.2, -0.15) is 0 Å². The highest BCUT2D eigenvalue weighted by Crippen LogP contribution is 2.14. The molecule has 0 radical (unpaired) electrons. The van der Waals surface area contributed by atoms with Crippen molar-refractivity contribution in [2.75, 3.05) is 19.7 Å². The summed E-state index contributed by atoms with van der Waals surface area (Å²) >= 11 is 0. The first-order chi connectivity index (χ1) is 9.56. The second-order valence-corrected chi connectivity index (χ2v) is 5.24. The van der Waals surface area contributed by atoms with Crippen LogP contribution in [0.15, 0.2) is 15.6 Å². The fourth-order valence-corrected chi connectivity index (χ4v) is 1.51. The molecule has 1 heterocycles. The number of nitrogens with zero attached hydrogens (tertiary/aromatic N) is 2.